The van der Waals surface area contributed by atoms with Gasteiger partial charge in [0.15, 0.2) is 5.82 Å². The van der Waals surface area contributed by atoms with Crippen LogP contribution in [-0.4, -0.2) is 31.8 Å². The maximum atomic E-state index is 4.37. The lowest BCUT2D eigenvalue weighted by atomic mass is 10.0. The van der Waals surface area contributed by atoms with Crippen molar-refractivity contribution in [3.05, 3.63) is 24.0 Å². The SMILES string of the molecule is CNc1ncnc(NC(C)c2nncn2C)c1C(C)C. The van der Waals surface area contributed by atoms with Crippen LogP contribution in [0.5, 0.6) is 0 Å². The third kappa shape index (κ3) is 2.71. The van der Waals surface area contributed by atoms with E-state index in [9.17, 15) is 0 Å². The number of hydrogen-bond donors (Lipinski definition) is 2. The van der Waals surface area contributed by atoms with Gasteiger partial charge >= 0.3 is 0 Å². The van der Waals surface area contributed by atoms with E-state index in [2.05, 4.69) is 44.6 Å². The van der Waals surface area contributed by atoms with Crippen LogP contribution in [0.25, 0.3) is 0 Å². The van der Waals surface area contributed by atoms with Gasteiger partial charge in [-0.2, -0.15) is 0 Å². The van der Waals surface area contributed by atoms with Crippen LogP contribution in [0.2, 0.25) is 0 Å². The highest BCUT2D eigenvalue weighted by molar-refractivity contribution is 5.59. The van der Waals surface area contributed by atoms with E-state index in [0.29, 0.717) is 5.92 Å². The van der Waals surface area contributed by atoms with Gasteiger partial charge in [-0.05, 0) is 12.8 Å². The first kappa shape index (κ1) is 14.2. The lowest BCUT2D eigenvalue weighted by Gasteiger charge is -2.19. The van der Waals surface area contributed by atoms with Crippen LogP contribution < -0.4 is 10.6 Å². The van der Waals surface area contributed by atoms with Crippen molar-refractivity contribution in [2.45, 2.75) is 32.7 Å². The van der Waals surface area contributed by atoms with Crippen molar-refractivity contribution in [1.29, 1.82) is 0 Å². The average molecular weight is 275 g/mol. The number of nitrogens with zero attached hydrogens (tertiary/aromatic N) is 5. The molecule has 108 valence electrons. The summed E-state index contributed by atoms with van der Waals surface area (Å²) in [6, 6.07) is 0.0135. The molecule has 2 aromatic rings. The van der Waals surface area contributed by atoms with Crippen molar-refractivity contribution >= 4 is 11.6 Å². The molecule has 0 aliphatic carbocycles. The molecule has 0 spiro atoms. The molecule has 0 fully saturated rings. The van der Waals surface area contributed by atoms with Crippen molar-refractivity contribution in [3.8, 4) is 0 Å². The van der Waals surface area contributed by atoms with Gasteiger partial charge in [0.2, 0.25) is 0 Å². The summed E-state index contributed by atoms with van der Waals surface area (Å²) in [7, 11) is 3.79. The van der Waals surface area contributed by atoms with Crippen molar-refractivity contribution in [2.24, 2.45) is 7.05 Å². The highest BCUT2D eigenvalue weighted by Crippen LogP contribution is 2.29. The second-order valence-electron chi connectivity index (χ2n) is 5.06. The van der Waals surface area contributed by atoms with Crippen molar-refractivity contribution in [3.63, 3.8) is 0 Å². The molecule has 2 rings (SSSR count). The molecular formula is C13H21N7. The summed E-state index contributed by atoms with van der Waals surface area (Å²) < 4.78 is 1.90. The molecule has 20 heavy (non-hydrogen) atoms. The fourth-order valence-corrected chi connectivity index (χ4v) is 2.21. The zero-order valence-electron chi connectivity index (χ0n) is 12.5. The molecule has 0 bridgehead atoms. The van der Waals surface area contributed by atoms with Gasteiger partial charge in [-0.25, -0.2) is 9.97 Å². The summed E-state index contributed by atoms with van der Waals surface area (Å²) in [5.41, 5.74) is 1.07. The molecule has 0 aliphatic rings. The Kier molecular flexibility index (Phi) is 4.16. The molecule has 0 aliphatic heterocycles. The Morgan fingerprint density at radius 3 is 2.40 bits per heavy atom. The predicted molar refractivity (Wildman–Crippen MR) is 78.7 cm³/mol. The molecule has 1 unspecified atom stereocenters. The van der Waals surface area contributed by atoms with E-state index in [1.807, 2.05) is 25.6 Å². The molecule has 2 N–H and O–H groups in total. The first-order valence-electron chi connectivity index (χ1n) is 6.67. The molecular weight excluding hydrogens is 254 g/mol. The lowest BCUT2D eigenvalue weighted by molar-refractivity contribution is 0.711. The first-order chi connectivity index (χ1) is 9.54. The quantitative estimate of drug-likeness (QED) is 0.868. The van der Waals surface area contributed by atoms with Gasteiger partial charge < -0.3 is 15.2 Å². The largest absolute Gasteiger partial charge is 0.373 e. The lowest BCUT2D eigenvalue weighted by Crippen LogP contribution is -2.15. The summed E-state index contributed by atoms with van der Waals surface area (Å²) in [6.07, 6.45) is 3.25. The van der Waals surface area contributed by atoms with E-state index in [4.69, 9.17) is 0 Å². The van der Waals surface area contributed by atoms with Crippen LogP contribution in [-0.2, 0) is 7.05 Å². The summed E-state index contributed by atoms with van der Waals surface area (Å²) in [5.74, 6) is 2.86. The molecule has 0 radical (unpaired) electrons. The van der Waals surface area contributed by atoms with Gasteiger partial charge in [0.25, 0.3) is 0 Å². The van der Waals surface area contributed by atoms with Crippen LogP contribution in [0.15, 0.2) is 12.7 Å². The summed E-state index contributed by atoms with van der Waals surface area (Å²) >= 11 is 0. The Labute approximate surface area is 118 Å². The van der Waals surface area contributed by atoms with E-state index in [1.54, 1.807) is 12.7 Å². The monoisotopic (exact) mass is 275 g/mol. The molecule has 0 saturated heterocycles. The van der Waals surface area contributed by atoms with Crippen LogP contribution in [0, 0.1) is 0 Å². The Morgan fingerprint density at radius 2 is 1.85 bits per heavy atom. The van der Waals surface area contributed by atoms with E-state index < -0.39 is 0 Å². The van der Waals surface area contributed by atoms with Gasteiger partial charge in [-0.1, -0.05) is 13.8 Å². The summed E-state index contributed by atoms with van der Waals surface area (Å²) in [5, 5.41) is 14.5. The number of rotatable bonds is 5. The van der Waals surface area contributed by atoms with Gasteiger partial charge in [-0.15, -0.1) is 10.2 Å². The number of aromatic nitrogens is 5. The molecule has 2 heterocycles. The Morgan fingerprint density at radius 1 is 1.15 bits per heavy atom. The average Bonchev–Trinajstić information content (AvgIpc) is 2.84. The van der Waals surface area contributed by atoms with Crippen molar-refractivity contribution in [2.75, 3.05) is 17.7 Å². The van der Waals surface area contributed by atoms with Crippen molar-refractivity contribution < 1.29 is 0 Å². The highest BCUT2D eigenvalue weighted by Gasteiger charge is 2.18. The third-order valence-corrected chi connectivity index (χ3v) is 3.18. The fourth-order valence-electron chi connectivity index (χ4n) is 2.21. The summed E-state index contributed by atoms with van der Waals surface area (Å²) in [6.45, 7) is 6.28. The van der Waals surface area contributed by atoms with Crippen LogP contribution in [0.4, 0.5) is 11.6 Å². The normalized spacial score (nSPS) is 12.5. The van der Waals surface area contributed by atoms with E-state index >= 15 is 0 Å². The van der Waals surface area contributed by atoms with Crippen molar-refractivity contribution in [1.82, 2.24) is 24.7 Å². The van der Waals surface area contributed by atoms with Gasteiger partial charge in [0.1, 0.15) is 24.3 Å². The highest BCUT2D eigenvalue weighted by atomic mass is 15.3. The molecule has 0 aromatic carbocycles. The maximum Gasteiger partial charge on any atom is 0.154 e. The predicted octanol–water partition coefficient (Wildman–Crippen LogP) is 1.94. The smallest absolute Gasteiger partial charge is 0.154 e. The van der Waals surface area contributed by atoms with Gasteiger partial charge in [0, 0.05) is 19.7 Å². The molecule has 2 aromatic heterocycles. The number of aryl methyl sites for hydroxylation is 1. The zero-order chi connectivity index (χ0) is 14.7. The van der Waals surface area contributed by atoms with E-state index in [0.717, 1.165) is 23.0 Å². The Hall–Kier alpha value is -2.18. The van der Waals surface area contributed by atoms with E-state index in [1.165, 1.54) is 0 Å². The molecule has 0 saturated carbocycles. The number of anilines is 2. The van der Waals surface area contributed by atoms with Gasteiger partial charge in [-0.3, -0.25) is 0 Å². The topological polar surface area (TPSA) is 80.6 Å². The summed E-state index contributed by atoms with van der Waals surface area (Å²) in [4.78, 5) is 8.64. The minimum atomic E-state index is 0.0135. The van der Waals surface area contributed by atoms with E-state index in [-0.39, 0.29) is 6.04 Å². The molecule has 7 nitrogen and oxygen atoms in total. The molecule has 0 amide bonds. The second-order valence-corrected chi connectivity index (χ2v) is 5.06. The Balaban J connectivity index is 2.32. The van der Waals surface area contributed by atoms with Crippen LogP contribution >= 0.6 is 0 Å². The second kappa shape index (κ2) is 5.85. The minimum Gasteiger partial charge on any atom is -0.373 e. The minimum absolute atomic E-state index is 0.0135. The van der Waals surface area contributed by atoms with Crippen LogP contribution in [0.1, 0.15) is 44.1 Å². The Bertz CT molecular complexity index is 576. The third-order valence-electron chi connectivity index (χ3n) is 3.18. The molecule has 7 heteroatoms. The van der Waals surface area contributed by atoms with Crippen LogP contribution in [0.3, 0.4) is 0 Å². The zero-order valence-corrected chi connectivity index (χ0v) is 12.5. The number of nitrogens with one attached hydrogen (secondary N) is 2. The fraction of sp³-hybridized carbons (Fsp3) is 0.538. The standard InChI is InChI=1S/C13H21N7/c1-8(2)10-11(14-4)15-6-16-12(10)18-9(3)13-19-17-7-20(13)5/h6-9H,1-5H3,(H2,14,15,16,18). The number of hydrogen-bond acceptors (Lipinski definition) is 6. The molecule has 1 atom stereocenters. The maximum absolute atomic E-state index is 4.37. The first-order valence-corrected chi connectivity index (χ1v) is 6.67. The van der Waals surface area contributed by atoms with Gasteiger partial charge in [0.05, 0.1) is 6.04 Å².